The molecule has 0 radical (unpaired) electrons. The number of rotatable bonds is 10. The number of carbonyl (C=O) groups excluding carboxylic acids is 2. The van der Waals surface area contributed by atoms with Crippen LogP contribution in [0.4, 0.5) is 5.82 Å². The molecule has 0 amide bonds. The van der Waals surface area contributed by atoms with Gasteiger partial charge >= 0.3 is 17.6 Å². The maximum absolute atomic E-state index is 12.6. The second-order valence-corrected chi connectivity index (χ2v) is 8.59. The second-order valence-electron chi connectivity index (χ2n) is 8.59. The lowest BCUT2D eigenvalue weighted by atomic mass is 10.1. The van der Waals surface area contributed by atoms with E-state index in [9.17, 15) is 14.4 Å². The van der Waals surface area contributed by atoms with E-state index in [0.29, 0.717) is 12.8 Å². The fourth-order valence-electron chi connectivity index (χ4n) is 4.05. The molecule has 0 bridgehead atoms. The number of esters is 2. The van der Waals surface area contributed by atoms with Crippen LogP contribution < -0.4 is 11.4 Å². The van der Waals surface area contributed by atoms with Crippen LogP contribution in [-0.4, -0.2) is 40.3 Å². The normalized spacial score (nSPS) is 19.1. The molecule has 2 aromatic carbocycles. The maximum Gasteiger partial charge on any atom is 0.351 e. The molecule has 0 aliphatic carbocycles. The Morgan fingerprint density at radius 1 is 0.944 bits per heavy atom. The molecule has 188 valence electrons. The number of nitrogen functional groups attached to an aromatic ring is 1. The Bertz CT molecular complexity index is 1210. The van der Waals surface area contributed by atoms with Crippen LogP contribution in [0.5, 0.6) is 0 Å². The number of aromatic nitrogens is 2. The molecular formula is C27H29N3O6. The first-order valence-electron chi connectivity index (χ1n) is 11.9. The molecule has 1 aliphatic heterocycles. The van der Waals surface area contributed by atoms with Crippen LogP contribution in [-0.2, 0) is 36.6 Å². The Morgan fingerprint density at radius 3 is 2.17 bits per heavy atom. The summed E-state index contributed by atoms with van der Waals surface area (Å²) in [5.41, 5.74) is 7.07. The van der Waals surface area contributed by atoms with E-state index in [0.717, 1.165) is 11.1 Å². The molecule has 4 rings (SSSR count). The molecular weight excluding hydrogens is 462 g/mol. The number of nitrogens with two attached hydrogens (primary N) is 1. The van der Waals surface area contributed by atoms with Crippen molar-refractivity contribution < 1.29 is 23.8 Å². The Labute approximate surface area is 208 Å². The van der Waals surface area contributed by atoms with Crippen LogP contribution in [0, 0.1) is 0 Å². The van der Waals surface area contributed by atoms with Crippen molar-refractivity contribution in [1.29, 1.82) is 0 Å². The van der Waals surface area contributed by atoms with E-state index in [-0.39, 0.29) is 37.7 Å². The van der Waals surface area contributed by atoms with Crippen molar-refractivity contribution in [1.82, 2.24) is 9.55 Å². The van der Waals surface area contributed by atoms with Gasteiger partial charge in [0.15, 0.2) is 0 Å². The van der Waals surface area contributed by atoms with Gasteiger partial charge in [-0.2, -0.15) is 4.98 Å². The molecule has 9 nitrogen and oxygen atoms in total. The summed E-state index contributed by atoms with van der Waals surface area (Å²) >= 11 is 0. The van der Waals surface area contributed by atoms with E-state index < -0.39 is 30.1 Å². The topological polar surface area (TPSA) is 123 Å². The Kier molecular flexibility index (Phi) is 8.46. The largest absolute Gasteiger partial charge is 0.463 e. The number of ether oxygens (including phenoxy) is 3. The number of carbonyl (C=O) groups is 2. The van der Waals surface area contributed by atoms with E-state index in [1.54, 1.807) is 0 Å². The number of benzene rings is 2. The van der Waals surface area contributed by atoms with Crippen molar-refractivity contribution in [2.45, 2.75) is 50.5 Å². The summed E-state index contributed by atoms with van der Waals surface area (Å²) in [7, 11) is 0. The van der Waals surface area contributed by atoms with Gasteiger partial charge in [0.2, 0.25) is 0 Å². The van der Waals surface area contributed by atoms with Gasteiger partial charge in [-0.15, -0.1) is 0 Å². The minimum atomic E-state index is -0.731. The van der Waals surface area contributed by atoms with Gasteiger partial charge in [0.05, 0.1) is 0 Å². The van der Waals surface area contributed by atoms with Crippen LogP contribution >= 0.6 is 0 Å². The molecule has 0 spiro atoms. The Balaban J connectivity index is 1.37. The first-order valence-corrected chi connectivity index (χ1v) is 11.9. The van der Waals surface area contributed by atoms with Crippen LogP contribution in [0.3, 0.4) is 0 Å². The highest BCUT2D eigenvalue weighted by atomic mass is 16.6. The predicted octanol–water partition coefficient (Wildman–Crippen LogP) is 2.83. The van der Waals surface area contributed by atoms with Crippen molar-refractivity contribution in [2.75, 3.05) is 12.3 Å². The number of hydrogen-bond donors (Lipinski definition) is 1. The van der Waals surface area contributed by atoms with Gasteiger partial charge in [-0.1, -0.05) is 60.7 Å². The van der Waals surface area contributed by atoms with Crippen molar-refractivity contribution >= 4 is 17.8 Å². The molecule has 2 N–H and O–H groups in total. The molecule has 3 atom stereocenters. The van der Waals surface area contributed by atoms with Gasteiger partial charge < -0.3 is 19.9 Å². The third kappa shape index (κ3) is 7.02. The SMILES string of the molecule is Nc1ccn([C@H]2C[C@H](OC(=O)CCc3ccccc3)[C@@H](COC(=O)CCc3ccccc3)O2)c(=O)n1. The summed E-state index contributed by atoms with van der Waals surface area (Å²) in [6.07, 6.45) is 1.06. The number of anilines is 1. The third-order valence-electron chi connectivity index (χ3n) is 5.95. The third-order valence-corrected chi connectivity index (χ3v) is 5.95. The van der Waals surface area contributed by atoms with Crippen LogP contribution in [0.2, 0.25) is 0 Å². The Morgan fingerprint density at radius 2 is 1.56 bits per heavy atom. The monoisotopic (exact) mass is 491 g/mol. The minimum absolute atomic E-state index is 0.0991. The molecule has 9 heteroatoms. The minimum Gasteiger partial charge on any atom is -0.463 e. The molecule has 1 saturated heterocycles. The zero-order valence-corrected chi connectivity index (χ0v) is 19.8. The van der Waals surface area contributed by atoms with Crippen LogP contribution in [0.1, 0.15) is 36.6 Å². The van der Waals surface area contributed by atoms with E-state index in [2.05, 4.69) is 4.98 Å². The Hall–Kier alpha value is -3.98. The number of nitrogens with zero attached hydrogens (tertiary/aromatic N) is 2. The molecule has 1 fully saturated rings. The molecule has 1 aromatic heterocycles. The molecule has 3 aromatic rings. The van der Waals surface area contributed by atoms with Gasteiger partial charge in [-0.25, -0.2) is 4.79 Å². The average molecular weight is 492 g/mol. The van der Waals surface area contributed by atoms with Crippen molar-refractivity contribution in [3.05, 3.63) is 94.5 Å². The standard InChI is InChI=1S/C27H29N3O6/c28-23-15-16-30(27(33)29-23)24-17-21(36-26(32)14-12-20-9-5-2-6-10-20)22(35-24)18-34-25(31)13-11-19-7-3-1-4-8-19/h1-10,15-16,21-22,24H,11-14,17-18H2,(H2,28,29,33)/t21-,22+,24+/m0/s1. The summed E-state index contributed by atoms with van der Waals surface area (Å²) in [6.45, 7) is -0.0993. The lowest BCUT2D eigenvalue weighted by molar-refractivity contribution is -0.158. The van der Waals surface area contributed by atoms with Crippen LogP contribution in [0.25, 0.3) is 0 Å². The van der Waals surface area contributed by atoms with Crippen LogP contribution in [0.15, 0.2) is 77.7 Å². The molecule has 0 unspecified atom stereocenters. The highest BCUT2D eigenvalue weighted by Crippen LogP contribution is 2.30. The number of hydrogen-bond acceptors (Lipinski definition) is 8. The summed E-state index contributed by atoms with van der Waals surface area (Å²) in [4.78, 5) is 41.0. The summed E-state index contributed by atoms with van der Waals surface area (Å²) in [6, 6.07) is 20.8. The van der Waals surface area contributed by atoms with Gasteiger partial charge in [0, 0.05) is 25.5 Å². The quantitative estimate of drug-likeness (QED) is 0.430. The summed E-state index contributed by atoms with van der Waals surface area (Å²) < 4.78 is 18.4. The lowest BCUT2D eigenvalue weighted by Gasteiger charge is -2.19. The first kappa shape index (κ1) is 25.1. The van der Waals surface area contributed by atoms with E-state index in [1.807, 2.05) is 60.7 Å². The summed E-state index contributed by atoms with van der Waals surface area (Å²) in [5.74, 6) is -0.676. The van der Waals surface area contributed by atoms with Crippen molar-refractivity contribution in [3.8, 4) is 0 Å². The van der Waals surface area contributed by atoms with E-state index in [1.165, 1.54) is 16.8 Å². The molecule has 1 aliphatic rings. The highest BCUT2D eigenvalue weighted by molar-refractivity contribution is 5.70. The molecule has 0 saturated carbocycles. The predicted molar refractivity (Wildman–Crippen MR) is 132 cm³/mol. The van der Waals surface area contributed by atoms with Gasteiger partial charge in [0.25, 0.3) is 0 Å². The lowest BCUT2D eigenvalue weighted by Crippen LogP contribution is -2.32. The smallest absolute Gasteiger partial charge is 0.351 e. The summed E-state index contributed by atoms with van der Waals surface area (Å²) in [5, 5.41) is 0. The average Bonchev–Trinajstić information content (AvgIpc) is 3.28. The van der Waals surface area contributed by atoms with E-state index in [4.69, 9.17) is 19.9 Å². The molecule has 36 heavy (non-hydrogen) atoms. The van der Waals surface area contributed by atoms with E-state index >= 15 is 0 Å². The van der Waals surface area contributed by atoms with Gasteiger partial charge in [0.1, 0.15) is 30.9 Å². The van der Waals surface area contributed by atoms with Gasteiger partial charge in [-0.3, -0.25) is 14.2 Å². The zero-order chi connectivity index (χ0) is 25.3. The fourth-order valence-corrected chi connectivity index (χ4v) is 4.05. The maximum atomic E-state index is 12.6. The second kappa shape index (κ2) is 12.1. The molecule has 2 heterocycles. The highest BCUT2D eigenvalue weighted by Gasteiger charge is 2.40. The number of aryl methyl sites for hydroxylation is 2. The van der Waals surface area contributed by atoms with Gasteiger partial charge in [-0.05, 0) is 30.0 Å². The van der Waals surface area contributed by atoms with Crippen molar-refractivity contribution in [3.63, 3.8) is 0 Å². The first-order chi connectivity index (χ1) is 17.5. The van der Waals surface area contributed by atoms with Crippen molar-refractivity contribution in [2.24, 2.45) is 0 Å². The zero-order valence-electron chi connectivity index (χ0n) is 19.8. The fraction of sp³-hybridized carbons (Fsp3) is 0.333.